The molecule has 2 heterocycles. The normalized spacial score (nSPS) is 19.4. The predicted octanol–water partition coefficient (Wildman–Crippen LogP) is 3.29. The Balaban J connectivity index is 1.45. The van der Waals surface area contributed by atoms with Crippen LogP contribution in [0.25, 0.3) is 0 Å². The van der Waals surface area contributed by atoms with Crippen molar-refractivity contribution in [3.63, 3.8) is 0 Å². The smallest absolute Gasteiger partial charge is 0.277 e. The van der Waals surface area contributed by atoms with Crippen LogP contribution in [0, 0.1) is 5.92 Å². The van der Waals surface area contributed by atoms with E-state index in [-0.39, 0.29) is 29.1 Å². The predicted molar refractivity (Wildman–Crippen MR) is 109 cm³/mol. The van der Waals surface area contributed by atoms with Gasteiger partial charge in [-0.25, -0.2) is 8.42 Å². The van der Waals surface area contributed by atoms with Crippen molar-refractivity contribution in [2.45, 2.75) is 44.3 Å². The minimum atomic E-state index is -2.92. The zero-order valence-electron chi connectivity index (χ0n) is 16.1. The first kappa shape index (κ1) is 20.9. The van der Waals surface area contributed by atoms with Crippen LogP contribution in [0.5, 0.6) is 0 Å². The highest BCUT2D eigenvalue weighted by atomic mass is 32.2. The highest BCUT2D eigenvalue weighted by molar-refractivity contribution is 7.99. The third-order valence-corrected chi connectivity index (χ3v) is 7.60. The summed E-state index contributed by atoms with van der Waals surface area (Å²) in [6, 6.07) is 7.88. The van der Waals surface area contributed by atoms with Gasteiger partial charge in [-0.2, -0.15) is 0 Å². The summed E-state index contributed by atoms with van der Waals surface area (Å²) in [5.41, 5.74) is 2.01. The Bertz CT molecular complexity index is 910. The summed E-state index contributed by atoms with van der Waals surface area (Å²) in [6.45, 7) is 4.32. The van der Waals surface area contributed by atoms with Crippen molar-refractivity contribution in [1.29, 1.82) is 0 Å². The van der Waals surface area contributed by atoms with Gasteiger partial charge in [0.05, 0.1) is 17.3 Å². The summed E-state index contributed by atoms with van der Waals surface area (Å²) >= 11 is 1.17. The van der Waals surface area contributed by atoms with E-state index >= 15 is 0 Å². The Morgan fingerprint density at radius 1 is 1.32 bits per heavy atom. The van der Waals surface area contributed by atoms with Gasteiger partial charge in [0.1, 0.15) is 0 Å². The molecule has 0 unspecified atom stereocenters. The third-order valence-electron chi connectivity index (χ3n) is 4.94. The van der Waals surface area contributed by atoms with Crippen molar-refractivity contribution in [2.24, 2.45) is 5.92 Å². The molecule has 0 aliphatic carbocycles. The maximum atomic E-state index is 12.1. The number of rotatable bonds is 8. The van der Waals surface area contributed by atoms with Crippen molar-refractivity contribution in [3.05, 3.63) is 35.7 Å². The fraction of sp³-hybridized carbons (Fsp3) is 0.526. The molecular formula is C19H25N3O4S2. The lowest BCUT2D eigenvalue weighted by molar-refractivity contribution is -0.113. The average molecular weight is 424 g/mol. The molecule has 1 amide bonds. The zero-order valence-corrected chi connectivity index (χ0v) is 17.7. The van der Waals surface area contributed by atoms with Gasteiger partial charge in [0, 0.05) is 12.1 Å². The molecule has 0 bridgehead atoms. The number of carbonyl (C=O) groups excluding carboxylic acids is 1. The fourth-order valence-electron chi connectivity index (χ4n) is 3.11. The second-order valence-corrected chi connectivity index (χ2v) is 10.4. The first-order valence-electron chi connectivity index (χ1n) is 9.40. The zero-order chi connectivity index (χ0) is 20.1. The summed E-state index contributed by atoms with van der Waals surface area (Å²) in [5, 5.41) is 11.1. The minimum absolute atomic E-state index is 0.0324. The van der Waals surface area contributed by atoms with Crippen LogP contribution in [-0.2, 0) is 21.1 Å². The summed E-state index contributed by atoms with van der Waals surface area (Å²) in [5.74, 6) is 1.36. The van der Waals surface area contributed by atoms with E-state index in [1.807, 2.05) is 24.3 Å². The molecule has 0 spiro atoms. The lowest BCUT2D eigenvalue weighted by atomic mass is 9.99. The van der Waals surface area contributed by atoms with Crippen LogP contribution in [0.3, 0.4) is 0 Å². The highest BCUT2D eigenvalue weighted by Crippen LogP contribution is 2.24. The van der Waals surface area contributed by atoms with Crippen molar-refractivity contribution in [3.8, 4) is 0 Å². The van der Waals surface area contributed by atoms with Crippen LogP contribution in [0.2, 0.25) is 0 Å². The first-order chi connectivity index (χ1) is 13.3. The lowest BCUT2D eigenvalue weighted by Gasteiger charge is -2.10. The summed E-state index contributed by atoms with van der Waals surface area (Å²) in [6.07, 6.45) is 2.16. The second-order valence-electron chi connectivity index (χ2n) is 7.20. The average Bonchev–Trinajstić information content (AvgIpc) is 3.25. The Kier molecular flexibility index (Phi) is 6.77. The molecule has 9 heteroatoms. The SMILES string of the molecule is CC[C@H](C)c1ccc(NC(=O)CSc2nnc(C[C@H]3CCS(=O)(=O)C3)o2)cc1. The Morgan fingerprint density at radius 2 is 2.07 bits per heavy atom. The van der Waals surface area contributed by atoms with E-state index in [2.05, 4.69) is 29.4 Å². The minimum Gasteiger partial charge on any atom is -0.416 e. The molecule has 28 heavy (non-hydrogen) atoms. The monoisotopic (exact) mass is 423 g/mol. The van der Waals surface area contributed by atoms with Gasteiger partial charge in [0.2, 0.25) is 11.8 Å². The van der Waals surface area contributed by atoms with E-state index in [1.54, 1.807) is 0 Å². The Hall–Kier alpha value is -1.87. The molecule has 1 saturated heterocycles. The van der Waals surface area contributed by atoms with Crippen molar-refractivity contribution in [2.75, 3.05) is 22.6 Å². The number of anilines is 1. The van der Waals surface area contributed by atoms with Gasteiger partial charge >= 0.3 is 0 Å². The van der Waals surface area contributed by atoms with Crippen molar-refractivity contribution in [1.82, 2.24) is 10.2 Å². The van der Waals surface area contributed by atoms with Crippen LogP contribution in [-0.4, -0.2) is 41.8 Å². The van der Waals surface area contributed by atoms with Crippen LogP contribution < -0.4 is 5.32 Å². The molecule has 7 nitrogen and oxygen atoms in total. The molecule has 1 aliphatic heterocycles. The number of hydrogen-bond acceptors (Lipinski definition) is 7. The van der Waals surface area contributed by atoms with Gasteiger partial charge in [-0.15, -0.1) is 10.2 Å². The number of nitrogens with one attached hydrogen (secondary N) is 1. The van der Waals surface area contributed by atoms with Crippen LogP contribution in [0.1, 0.15) is 44.1 Å². The van der Waals surface area contributed by atoms with Crippen LogP contribution in [0.15, 0.2) is 33.9 Å². The van der Waals surface area contributed by atoms with Crippen LogP contribution >= 0.6 is 11.8 Å². The number of nitrogens with zero attached hydrogens (tertiary/aromatic N) is 2. The topological polar surface area (TPSA) is 102 Å². The molecule has 3 rings (SSSR count). The van der Waals surface area contributed by atoms with Gasteiger partial charge < -0.3 is 9.73 Å². The second kappa shape index (κ2) is 9.09. The lowest BCUT2D eigenvalue weighted by Crippen LogP contribution is -2.14. The summed E-state index contributed by atoms with van der Waals surface area (Å²) in [4.78, 5) is 12.1. The molecule has 1 fully saturated rings. The number of aromatic nitrogens is 2. The highest BCUT2D eigenvalue weighted by Gasteiger charge is 2.29. The van der Waals surface area contributed by atoms with Gasteiger partial charge in [-0.1, -0.05) is 37.7 Å². The van der Waals surface area contributed by atoms with Crippen molar-refractivity contribution < 1.29 is 17.6 Å². The first-order valence-corrected chi connectivity index (χ1v) is 12.2. The van der Waals surface area contributed by atoms with Gasteiger partial charge in [0.25, 0.3) is 5.22 Å². The molecule has 1 aromatic heterocycles. The fourth-order valence-corrected chi connectivity index (χ4v) is 5.56. The molecular weight excluding hydrogens is 398 g/mol. The number of thioether (sulfide) groups is 1. The van der Waals surface area contributed by atoms with Gasteiger partial charge in [-0.05, 0) is 42.4 Å². The number of hydrogen-bond donors (Lipinski definition) is 1. The quantitative estimate of drug-likeness (QED) is 0.650. The van der Waals surface area contributed by atoms with E-state index in [4.69, 9.17) is 4.42 Å². The number of amides is 1. The molecule has 0 saturated carbocycles. The van der Waals surface area contributed by atoms with Crippen molar-refractivity contribution >= 4 is 33.2 Å². The standard InChI is InChI=1S/C19H25N3O4S2/c1-3-13(2)15-4-6-16(7-5-15)20-17(23)11-27-19-22-21-18(26-19)10-14-8-9-28(24,25)12-14/h4-7,13-14H,3,8-12H2,1-2H3,(H,20,23)/t13-,14+/m0/s1. The van der Waals surface area contributed by atoms with E-state index in [0.29, 0.717) is 29.9 Å². The molecule has 0 radical (unpaired) electrons. The molecule has 2 atom stereocenters. The van der Waals surface area contributed by atoms with E-state index in [9.17, 15) is 13.2 Å². The van der Waals surface area contributed by atoms with Crippen LogP contribution in [0.4, 0.5) is 5.69 Å². The molecule has 2 aromatic rings. The van der Waals surface area contributed by atoms with E-state index in [1.165, 1.54) is 17.3 Å². The number of sulfone groups is 1. The van der Waals surface area contributed by atoms with E-state index < -0.39 is 9.84 Å². The van der Waals surface area contributed by atoms with Gasteiger partial charge in [0.15, 0.2) is 9.84 Å². The summed E-state index contributed by atoms with van der Waals surface area (Å²) in [7, 11) is -2.92. The third kappa shape index (κ3) is 5.81. The largest absolute Gasteiger partial charge is 0.416 e. The maximum Gasteiger partial charge on any atom is 0.277 e. The van der Waals surface area contributed by atoms with Gasteiger partial charge in [-0.3, -0.25) is 4.79 Å². The molecule has 152 valence electrons. The number of benzene rings is 1. The Labute approximate surface area is 169 Å². The molecule has 1 aromatic carbocycles. The number of carbonyl (C=O) groups is 1. The summed E-state index contributed by atoms with van der Waals surface area (Å²) < 4.78 is 28.6. The molecule has 1 N–H and O–H groups in total. The maximum absolute atomic E-state index is 12.1. The Morgan fingerprint density at radius 3 is 2.71 bits per heavy atom. The van der Waals surface area contributed by atoms with E-state index in [0.717, 1.165) is 12.1 Å². The molecule has 1 aliphatic rings.